The first-order valence-corrected chi connectivity index (χ1v) is 7.99. The monoisotopic (exact) mass is 249 g/mol. The minimum absolute atomic E-state index is 0.387. The second-order valence-corrected chi connectivity index (χ2v) is 9.17. The molecule has 4 rings (SSSR count). The van der Waals surface area contributed by atoms with Gasteiger partial charge in [0, 0.05) is 6.04 Å². The first-order valence-electron chi connectivity index (χ1n) is 7.99. The zero-order valence-electron chi connectivity index (χ0n) is 12.8. The van der Waals surface area contributed by atoms with Crippen molar-refractivity contribution < 1.29 is 0 Å². The Morgan fingerprint density at radius 1 is 1.11 bits per heavy atom. The highest BCUT2D eigenvalue weighted by Gasteiger charge is 2.60. The van der Waals surface area contributed by atoms with Crippen molar-refractivity contribution in [3.63, 3.8) is 0 Å². The van der Waals surface area contributed by atoms with Crippen LogP contribution in [0.5, 0.6) is 0 Å². The quantitative estimate of drug-likeness (QED) is 0.773. The highest BCUT2D eigenvalue weighted by atomic mass is 14.7. The zero-order chi connectivity index (χ0) is 13.2. The normalized spacial score (nSPS) is 48.5. The number of hydrogen-bond donors (Lipinski definition) is 1. The molecule has 4 bridgehead atoms. The number of hydrogen-bond acceptors (Lipinski definition) is 1. The summed E-state index contributed by atoms with van der Waals surface area (Å²) in [5, 5.41) is 0. The molecule has 4 aliphatic rings. The van der Waals surface area contributed by atoms with E-state index >= 15 is 0 Å². The van der Waals surface area contributed by atoms with Crippen molar-refractivity contribution in [1.29, 1.82) is 0 Å². The second kappa shape index (κ2) is 3.75. The van der Waals surface area contributed by atoms with Crippen molar-refractivity contribution in [3.05, 3.63) is 0 Å². The molecule has 0 aromatic heterocycles. The van der Waals surface area contributed by atoms with Gasteiger partial charge in [0.15, 0.2) is 0 Å². The third-order valence-corrected chi connectivity index (χ3v) is 6.53. The van der Waals surface area contributed by atoms with Gasteiger partial charge < -0.3 is 5.73 Å². The average Bonchev–Trinajstić information content (AvgIpc) is 2.10. The van der Waals surface area contributed by atoms with E-state index in [-0.39, 0.29) is 0 Å². The van der Waals surface area contributed by atoms with Crippen LogP contribution in [0.25, 0.3) is 0 Å². The van der Waals surface area contributed by atoms with Crippen LogP contribution >= 0.6 is 0 Å². The Hall–Kier alpha value is -0.0400. The van der Waals surface area contributed by atoms with Crippen molar-refractivity contribution in [1.82, 2.24) is 0 Å². The zero-order valence-corrected chi connectivity index (χ0v) is 12.8. The van der Waals surface area contributed by atoms with E-state index < -0.39 is 0 Å². The van der Waals surface area contributed by atoms with Crippen molar-refractivity contribution >= 4 is 0 Å². The smallest absolute Gasteiger partial charge is 0.00157 e. The van der Waals surface area contributed by atoms with Crippen LogP contribution in [0, 0.1) is 28.1 Å². The van der Waals surface area contributed by atoms with Gasteiger partial charge in [-0.25, -0.2) is 0 Å². The van der Waals surface area contributed by atoms with Crippen LogP contribution in [0.1, 0.15) is 72.6 Å². The molecular formula is C17H31N. The molecule has 0 radical (unpaired) electrons. The Morgan fingerprint density at radius 2 is 1.67 bits per heavy atom. The predicted molar refractivity (Wildman–Crippen MR) is 77.3 cm³/mol. The van der Waals surface area contributed by atoms with Crippen molar-refractivity contribution in [2.75, 3.05) is 0 Å². The van der Waals surface area contributed by atoms with E-state index in [0.717, 1.165) is 11.8 Å². The van der Waals surface area contributed by atoms with Gasteiger partial charge in [-0.2, -0.15) is 0 Å². The van der Waals surface area contributed by atoms with Gasteiger partial charge in [-0.05, 0) is 80.0 Å². The largest absolute Gasteiger partial charge is 0.328 e. The van der Waals surface area contributed by atoms with Gasteiger partial charge in [0.2, 0.25) is 0 Å². The average molecular weight is 249 g/mol. The second-order valence-electron chi connectivity index (χ2n) is 9.17. The third kappa shape index (κ3) is 1.85. The number of nitrogens with two attached hydrogens (primary N) is 1. The van der Waals surface area contributed by atoms with Gasteiger partial charge in [0.1, 0.15) is 0 Å². The molecule has 104 valence electrons. The summed E-state index contributed by atoms with van der Waals surface area (Å²) < 4.78 is 0. The lowest BCUT2D eigenvalue weighted by Crippen LogP contribution is -2.57. The van der Waals surface area contributed by atoms with Crippen LogP contribution in [-0.4, -0.2) is 6.04 Å². The van der Waals surface area contributed by atoms with E-state index in [2.05, 4.69) is 27.7 Å². The molecule has 0 heterocycles. The maximum Gasteiger partial charge on any atom is 0.00157 e. The van der Waals surface area contributed by atoms with E-state index in [9.17, 15) is 0 Å². The van der Waals surface area contributed by atoms with E-state index in [4.69, 9.17) is 5.73 Å². The summed E-state index contributed by atoms with van der Waals surface area (Å²) in [6.45, 7) is 9.67. The van der Waals surface area contributed by atoms with E-state index in [1.165, 1.54) is 44.9 Å². The van der Waals surface area contributed by atoms with Crippen molar-refractivity contribution in [3.8, 4) is 0 Å². The van der Waals surface area contributed by atoms with Gasteiger partial charge in [0.25, 0.3) is 0 Å². The van der Waals surface area contributed by atoms with Crippen LogP contribution in [0.15, 0.2) is 0 Å². The summed E-state index contributed by atoms with van der Waals surface area (Å²) in [6, 6.07) is 0.387. The molecule has 1 nitrogen and oxygen atoms in total. The fraction of sp³-hybridized carbons (Fsp3) is 1.00. The molecule has 1 heteroatoms. The Morgan fingerprint density at radius 3 is 2.11 bits per heavy atom. The maximum absolute atomic E-state index is 6.17. The highest BCUT2D eigenvalue weighted by molar-refractivity contribution is 5.11. The van der Waals surface area contributed by atoms with Crippen molar-refractivity contribution in [2.24, 2.45) is 33.8 Å². The lowest BCUT2D eigenvalue weighted by Gasteiger charge is -2.66. The molecule has 4 saturated carbocycles. The maximum atomic E-state index is 6.17. The van der Waals surface area contributed by atoms with Gasteiger partial charge in [0.05, 0.1) is 0 Å². The Bertz CT molecular complexity index is 316. The molecule has 2 N–H and O–H groups in total. The van der Waals surface area contributed by atoms with Crippen LogP contribution in [-0.2, 0) is 0 Å². The molecule has 0 saturated heterocycles. The van der Waals surface area contributed by atoms with Crippen LogP contribution < -0.4 is 5.73 Å². The molecule has 3 atom stereocenters. The first kappa shape index (κ1) is 13.0. The fourth-order valence-electron chi connectivity index (χ4n) is 6.25. The Labute approximate surface area is 113 Å². The van der Waals surface area contributed by atoms with Gasteiger partial charge in [-0.1, -0.05) is 20.8 Å². The Balaban J connectivity index is 1.93. The minimum atomic E-state index is 0.387. The summed E-state index contributed by atoms with van der Waals surface area (Å²) in [5.74, 6) is 2.04. The molecule has 0 spiro atoms. The summed E-state index contributed by atoms with van der Waals surface area (Å²) in [5.41, 5.74) is 7.89. The van der Waals surface area contributed by atoms with Crippen molar-refractivity contribution in [2.45, 2.75) is 78.7 Å². The van der Waals surface area contributed by atoms with E-state index in [1.54, 1.807) is 0 Å². The fourth-order valence-corrected chi connectivity index (χ4v) is 6.25. The molecule has 3 unspecified atom stereocenters. The topological polar surface area (TPSA) is 26.0 Å². The minimum Gasteiger partial charge on any atom is -0.328 e. The van der Waals surface area contributed by atoms with E-state index in [1.807, 2.05) is 0 Å². The number of rotatable bonds is 2. The molecule has 4 aliphatic carbocycles. The summed E-state index contributed by atoms with van der Waals surface area (Å²) in [7, 11) is 0. The van der Waals surface area contributed by atoms with E-state index in [0.29, 0.717) is 22.3 Å². The highest BCUT2D eigenvalue weighted by Crippen LogP contribution is 2.70. The molecule has 0 aromatic carbocycles. The lowest BCUT2D eigenvalue weighted by molar-refractivity contribution is -0.160. The van der Waals surface area contributed by atoms with Gasteiger partial charge in [-0.15, -0.1) is 0 Å². The third-order valence-electron chi connectivity index (χ3n) is 6.53. The summed E-state index contributed by atoms with van der Waals surface area (Å²) >= 11 is 0. The molecular weight excluding hydrogens is 218 g/mol. The SMILES string of the molecule is CC(N)CC12CC3CC(C1)CC(C(C)(C)C)(C3)C2. The first-order chi connectivity index (χ1) is 8.24. The summed E-state index contributed by atoms with van der Waals surface area (Å²) in [6.07, 6.45) is 10.3. The molecule has 18 heavy (non-hydrogen) atoms. The standard InChI is InChI=1S/C17H31N/c1-12(18)6-16-7-13-5-14(8-16)10-17(9-13,11-16)15(2,3)4/h12-14H,5-11,18H2,1-4H3. The Kier molecular flexibility index (Phi) is 2.70. The van der Waals surface area contributed by atoms with Crippen LogP contribution in [0.2, 0.25) is 0 Å². The molecule has 0 amide bonds. The van der Waals surface area contributed by atoms with Gasteiger partial charge in [-0.3, -0.25) is 0 Å². The van der Waals surface area contributed by atoms with Gasteiger partial charge >= 0.3 is 0 Å². The molecule has 0 aliphatic heterocycles. The van der Waals surface area contributed by atoms with Crippen LogP contribution in [0.3, 0.4) is 0 Å². The lowest BCUT2D eigenvalue weighted by atomic mass is 9.39. The predicted octanol–water partition coefficient (Wildman–Crippen LogP) is 4.36. The molecule has 4 fully saturated rings. The summed E-state index contributed by atoms with van der Waals surface area (Å²) in [4.78, 5) is 0. The molecule has 0 aromatic rings. The van der Waals surface area contributed by atoms with Crippen LogP contribution in [0.4, 0.5) is 0 Å².